The third kappa shape index (κ3) is 4.38. The van der Waals surface area contributed by atoms with Gasteiger partial charge < -0.3 is 15.2 Å². The van der Waals surface area contributed by atoms with E-state index >= 15 is 0 Å². The summed E-state index contributed by atoms with van der Waals surface area (Å²) in [5.41, 5.74) is 0.632. The van der Waals surface area contributed by atoms with Crippen molar-refractivity contribution < 1.29 is 14.6 Å². The first kappa shape index (κ1) is 14.5. The molecule has 0 radical (unpaired) electrons. The minimum atomic E-state index is -1.01. The van der Waals surface area contributed by atoms with Crippen LogP contribution in [0.2, 0.25) is 0 Å². The van der Waals surface area contributed by atoms with Gasteiger partial charge in [-0.1, -0.05) is 13.3 Å². The van der Waals surface area contributed by atoms with Gasteiger partial charge in [0.2, 0.25) is 0 Å². The first-order valence-corrected chi connectivity index (χ1v) is 5.93. The Labute approximate surface area is 106 Å². The Morgan fingerprint density at radius 1 is 1.61 bits per heavy atom. The van der Waals surface area contributed by atoms with E-state index in [0.717, 1.165) is 12.8 Å². The first-order chi connectivity index (χ1) is 8.69. The SMILES string of the molecule is CCCC(COC)NCc1ncncc1C(=O)O. The number of ether oxygens (including phenoxy) is 1. The number of nitrogens with one attached hydrogen (secondary N) is 1. The number of hydrogen-bond donors (Lipinski definition) is 2. The number of carbonyl (C=O) groups is 1. The zero-order valence-electron chi connectivity index (χ0n) is 10.7. The van der Waals surface area contributed by atoms with Crippen molar-refractivity contribution in [3.63, 3.8) is 0 Å². The van der Waals surface area contributed by atoms with E-state index in [-0.39, 0.29) is 11.6 Å². The summed E-state index contributed by atoms with van der Waals surface area (Å²) in [4.78, 5) is 18.7. The van der Waals surface area contributed by atoms with E-state index in [1.807, 2.05) is 0 Å². The Morgan fingerprint density at radius 2 is 2.39 bits per heavy atom. The van der Waals surface area contributed by atoms with Gasteiger partial charge in [0.15, 0.2) is 0 Å². The Morgan fingerprint density at radius 3 is 3.00 bits per heavy atom. The van der Waals surface area contributed by atoms with Crippen molar-refractivity contribution in [3.05, 3.63) is 23.8 Å². The van der Waals surface area contributed by atoms with E-state index in [0.29, 0.717) is 18.8 Å². The molecule has 1 aromatic heterocycles. The lowest BCUT2D eigenvalue weighted by Gasteiger charge is -2.17. The van der Waals surface area contributed by atoms with Gasteiger partial charge in [0.05, 0.1) is 12.3 Å². The zero-order chi connectivity index (χ0) is 13.4. The monoisotopic (exact) mass is 253 g/mol. The van der Waals surface area contributed by atoms with Crippen LogP contribution in [0.1, 0.15) is 35.8 Å². The van der Waals surface area contributed by atoms with Crippen LogP contribution >= 0.6 is 0 Å². The predicted molar refractivity (Wildman–Crippen MR) is 66.4 cm³/mol. The van der Waals surface area contributed by atoms with Gasteiger partial charge in [-0.05, 0) is 6.42 Å². The number of carboxylic acids is 1. The lowest BCUT2D eigenvalue weighted by atomic mass is 10.1. The maximum absolute atomic E-state index is 11.0. The summed E-state index contributed by atoms with van der Waals surface area (Å²) < 4.78 is 5.11. The van der Waals surface area contributed by atoms with Gasteiger partial charge in [0, 0.05) is 25.9 Å². The minimum Gasteiger partial charge on any atom is -0.478 e. The summed E-state index contributed by atoms with van der Waals surface area (Å²) in [6.07, 6.45) is 4.68. The lowest BCUT2D eigenvalue weighted by molar-refractivity contribution is 0.0694. The van der Waals surface area contributed by atoms with Crippen molar-refractivity contribution in [2.75, 3.05) is 13.7 Å². The van der Waals surface area contributed by atoms with Gasteiger partial charge >= 0.3 is 5.97 Å². The molecule has 0 aliphatic heterocycles. The second-order valence-electron chi connectivity index (χ2n) is 4.01. The number of aromatic nitrogens is 2. The minimum absolute atomic E-state index is 0.137. The topological polar surface area (TPSA) is 84.3 Å². The molecular weight excluding hydrogens is 234 g/mol. The fourth-order valence-electron chi connectivity index (χ4n) is 1.71. The van der Waals surface area contributed by atoms with Crippen LogP contribution in [0, 0.1) is 0 Å². The highest BCUT2D eigenvalue weighted by Gasteiger charge is 2.13. The Hall–Kier alpha value is -1.53. The van der Waals surface area contributed by atoms with Crippen LogP contribution in [-0.2, 0) is 11.3 Å². The molecule has 18 heavy (non-hydrogen) atoms. The summed E-state index contributed by atoms with van der Waals surface area (Å²) >= 11 is 0. The molecule has 1 rings (SSSR count). The molecule has 1 heterocycles. The quantitative estimate of drug-likeness (QED) is 0.721. The third-order valence-corrected chi connectivity index (χ3v) is 2.59. The summed E-state index contributed by atoms with van der Waals surface area (Å²) in [5.74, 6) is -1.01. The predicted octanol–water partition coefficient (Wildman–Crippen LogP) is 1.08. The number of methoxy groups -OCH3 is 1. The molecule has 0 bridgehead atoms. The number of nitrogens with zero attached hydrogens (tertiary/aromatic N) is 2. The van der Waals surface area contributed by atoms with E-state index < -0.39 is 5.97 Å². The van der Waals surface area contributed by atoms with Crippen LogP contribution < -0.4 is 5.32 Å². The molecule has 0 saturated heterocycles. The fourth-order valence-corrected chi connectivity index (χ4v) is 1.71. The average molecular weight is 253 g/mol. The van der Waals surface area contributed by atoms with Gasteiger partial charge in [0.25, 0.3) is 0 Å². The van der Waals surface area contributed by atoms with Gasteiger partial charge in [-0.3, -0.25) is 0 Å². The number of hydrogen-bond acceptors (Lipinski definition) is 5. The normalized spacial score (nSPS) is 12.3. The van der Waals surface area contributed by atoms with E-state index in [2.05, 4.69) is 22.2 Å². The van der Waals surface area contributed by atoms with E-state index in [1.165, 1.54) is 12.5 Å². The lowest BCUT2D eigenvalue weighted by Crippen LogP contribution is -2.33. The molecule has 0 aromatic carbocycles. The maximum Gasteiger partial charge on any atom is 0.339 e. The Balaban J connectivity index is 2.63. The van der Waals surface area contributed by atoms with Crippen LogP contribution in [0.4, 0.5) is 0 Å². The van der Waals surface area contributed by atoms with Crippen molar-refractivity contribution in [3.8, 4) is 0 Å². The van der Waals surface area contributed by atoms with Crippen LogP contribution in [0.3, 0.4) is 0 Å². The highest BCUT2D eigenvalue weighted by atomic mass is 16.5. The zero-order valence-corrected chi connectivity index (χ0v) is 10.7. The van der Waals surface area contributed by atoms with Crippen LogP contribution in [0.15, 0.2) is 12.5 Å². The highest BCUT2D eigenvalue weighted by Crippen LogP contribution is 2.05. The van der Waals surface area contributed by atoms with Crippen molar-refractivity contribution in [2.24, 2.45) is 0 Å². The van der Waals surface area contributed by atoms with Crippen LogP contribution in [0.5, 0.6) is 0 Å². The molecule has 1 unspecified atom stereocenters. The summed E-state index contributed by atoms with van der Waals surface area (Å²) in [7, 11) is 1.65. The van der Waals surface area contributed by atoms with Crippen molar-refractivity contribution in [1.82, 2.24) is 15.3 Å². The standard InChI is InChI=1S/C12H19N3O3/c1-3-4-9(7-18-2)14-6-11-10(12(16)17)5-13-8-15-11/h5,8-9,14H,3-4,6-7H2,1-2H3,(H,16,17). The third-order valence-electron chi connectivity index (χ3n) is 2.59. The number of aromatic carboxylic acids is 1. The Kier molecular flexibility index (Phi) is 6.24. The molecule has 0 fully saturated rings. The smallest absolute Gasteiger partial charge is 0.339 e. The molecule has 0 amide bonds. The second kappa shape index (κ2) is 7.73. The van der Waals surface area contributed by atoms with E-state index in [9.17, 15) is 4.79 Å². The molecule has 0 aliphatic carbocycles. The molecule has 6 nitrogen and oxygen atoms in total. The Bertz CT molecular complexity index is 379. The molecule has 6 heteroatoms. The van der Waals surface area contributed by atoms with Crippen molar-refractivity contribution in [1.29, 1.82) is 0 Å². The molecule has 0 spiro atoms. The van der Waals surface area contributed by atoms with Gasteiger partial charge in [-0.15, -0.1) is 0 Å². The maximum atomic E-state index is 11.0. The second-order valence-corrected chi connectivity index (χ2v) is 4.01. The molecular formula is C12H19N3O3. The van der Waals surface area contributed by atoms with Crippen molar-refractivity contribution in [2.45, 2.75) is 32.4 Å². The molecule has 1 aromatic rings. The molecule has 2 N–H and O–H groups in total. The summed E-state index contributed by atoms with van der Waals surface area (Å²) in [5, 5.41) is 12.3. The van der Waals surface area contributed by atoms with E-state index in [4.69, 9.17) is 9.84 Å². The first-order valence-electron chi connectivity index (χ1n) is 5.93. The summed E-state index contributed by atoms with van der Waals surface area (Å²) in [6, 6.07) is 0.205. The highest BCUT2D eigenvalue weighted by molar-refractivity contribution is 5.88. The molecule has 100 valence electrons. The number of carboxylic acid groups (broad SMARTS) is 1. The number of rotatable bonds is 8. The fraction of sp³-hybridized carbons (Fsp3) is 0.583. The van der Waals surface area contributed by atoms with E-state index in [1.54, 1.807) is 7.11 Å². The summed E-state index contributed by atoms with van der Waals surface area (Å²) in [6.45, 7) is 3.09. The van der Waals surface area contributed by atoms with Gasteiger partial charge in [0.1, 0.15) is 11.9 Å². The molecule has 1 atom stereocenters. The van der Waals surface area contributed by atoms with Crippen molar-refractivity contribution >= 4 is 5.97 Å². The average Bonchev–Trinajstić information content (AvgIpc) is 2.36. The van der Waals surface area contributed by atoms with Gasteiger partial charge in [-0.2, -0.15) is 0 Å². The van der Waals surface area contributed by atoms with Crippen LogP contribution in [-0.4, -0.2) is 40.8 Å². The molecule has 0 aliphatic rings. The van der Waals surface area contributed by atoms with Crippen LogP contribution in [0.25, 0.3) is 0 Å². The molecule has 0 saturated carbocycles. The largest absolute Gasteiger partial charge is 0.478 e. The van der Waals surface area contributed by atoms with Gasteiger partial charge in [-0.25, -0.2) is 14.8 Å².